The Kier molecular flexibility index (Phi) is 4.00. The lowest BCUT2D eigenvalue weighted by atomic mass is 10.1. The fourth-order valence-electron chi connectivity index (χ4n) is 2.42. The number of hydrogen-bond donors (Lipinski definition) is 0. The normalized spacial score (nSPS) is 11.6. The molecule has 4 aromatic rings. The lowest BCUT2D eigenvalue weighted by molar-refractivity contribution is 0.960. The molecule has 0 saturated carbocycles. The summed E-state index contributed by atoms with van der Waals surface area (Å²) in [6.07, 6.45) is 4.08. The topological polar surface area (TPSA) is 43.1 Å². The number of aromatic nitrogens is 4. The Bertz CT molecular complexity index is 1030. The Morgan fingerprint density at radius 3 is 2.67 bits per heavy atom. The van der Waals surface area contributed by atoms with E-state index in [1.165, 1.54) is 16.9 Å². The molecule has 0 bridgehead atoms. The van der Waals surface area contributed by atoms with Crippen LogP contribution < -0.4 is 0 Å². The molecule has 0 aliphatic rings. The van der Waals surface area contributed by atoms with Gasteiger partial charge in [0.2, 0.25) is 4.96 Å². The maximum atomic E-state index is 4.62. The van der Waals surface area contributed by atoms with Crippen LogP contribution in [-0.2, 0) is 0 Å². The van der Waals surface area contributed by atoms with Gasteiger partial charge in [-0.05, 0) is 30.7 Å². The minimum absolute atomic E-state index is 0.754. The maximum absolute atomic E-state index is 4.62. The third-order valence-corrected chi connectivity index (χ3v) is 4.96. The SMILES string of the molecule is Cc1cccc(/C=C/c2nn3c(-c4ccc(Br)cc4)nnc3s2)c1. The van der Waals surface area contributed by atoms with E-state index in [2.05, 4.69) is 68.5 Å². The van der Waals surface area contributed by atoms with Crippen LogP contribution >= 0.6 is 27.3 Å². The third kappa shape index (κ3) is 3.02. The van der Waals surface area contributed by atoms with Crippen molar-refractivity contribution in [2.24, 2.45) is 0 Å². The van der Waals surface area contributed by atoms with Crippen molar-refractivity contribution < 1.29 is 0 Å². The van der Waals surface area contributed by atoms with Gasteiger partial charge in [0.15, 0.2) is 5.82 Å². The molecule has 0 amide bonds. The molecule has 0 atom stereocenters. The van der Waals surface area contributed by atoms with Gasteiger partial charge < -0.3 is 0 Å². The second kappa shape index (κ2) is 6.30. The Labute approximate surface area is 151 Å². The standard InChI is InChI=1S/C18H13BrN4S/c1-12-3-2-4-13(11-12)5-10-16-22-23-17(20-21-18(23)24-16)14-6-8-15(19)9-7-14/h2-11H,1H3/b10-5+. The van der Waals surface area contributed by atoms with E-state index in [-0.39, 0.29) is 0 Å². The Morgan fingerprint density at radius 2 is 1.88 bits per heavy atom. The summed E-state index contributed by atoms with van der Waals surface area (Å²) in [7, 11) is 0. The summed E-state index contributed by atoms with van der Waals surface area (Å²) in [5, 5.41) is 14.0. The van der Waals surface area contributed by atoms with E-state index >= 15 is 0 Å². The highest BCUT2D eigenvalue weighted by Crippen LogP contribution is 2.24. The van der Waals surface area contributed by atoms with Crippen LogP contribution in [-0.4, -0.2) is 19.8 Å². The first-order chi connectivity index (χ1) is 11.7. The number of fused-ring (bicyclic) bond motifs is 1. The maximum Gasteiger partial charge on any atom is 0.235 e. The lowest BCUT2D eigenvalue weighted by Crippen LogP contribution is -1.90. The highest BCUT2D eigenvalue weighted by Gasteiger charge is 2.12. The molecule has 6 heteroatoms. The molecular weight excluding hydrogens is 384 g/mol. The van der Waals surface area contributed by atoms with Crippen LogP contribution in [0.15, 0.2) is 53.0 Å². The molecule has 0 unspecified atom stereocenters. The number of benzene rings is 2. The summed E-state index contributed by atoms with van der Waals surface area (Å²) in [4.78, 5) is 0.789. The second-order valence-electron chi connectivity index (χ2n) is 5.41. The Morgan fingerprint density at radius 1 is 1.04 bits per heavy atom. The van der Waals surface area contributed by atoms with Crippen LogP contribution in [0.4, 0.5) is 0 Å². The molecule has 4 rings (SSSR count). The quantitative estimate of drug-likeness (QED) is 0.484. The summed E-state index contributed by atoms with van der Waals surface area (Å²) < 4.78 is 2.83. The van der Waals surface area contributed by atoms with Crippen molar-refractivity contribution in [3.05, 3.63) is 69.1 Å². The molecule has 118 valence electrons. The minimum Gasteiger partial charge on any atom is -0.182 e. The Balaban J connectivity index is 1.68. The van der Waals surface area contributed by atoms with Gasteiger partial charge in [-0.1, -0.05) is 75.3 Å². The molecule has 2 aromatic carbocycles. The number of halogens is 1. The highest BCUT2D eigenvalue weighted by atomic mass is 79.9. The molecule has 2 heterocycles. The van der Waals surface area contributed by atoms with Gasteiger partial charge in [0.1, 0.15) is 5.01 Å². The van der Waals surface area contributed by atoms with Crippen molar-refractivity contribution in [1.29, 1.82) is 0 Å². The molecule has 2 aromatic heterocycles. The third-order valence-electron chi connectivity index (χ3n) is 3.57. The number of aryl methyl sites for hydroxylation is 1. The number of hydrogen-bond acceptors (Lipinski definition) is 4. The van der Waals surface area contributed by atoms with Crippen molar-refractivity contribution in [3.63, 3.8) is 0 Å². The van der Waals surface area contributed by atoms with Crippen molar-refractivity contribution >= 4 is 44.4 Å². The predicted octanol–water partition coefficient (Wildman–Crippen LogP) is 5.09. The molecule has 0 N–H and O–H groups in total. The van der Waals surface area contributed by atoms with Crippen LogP contribution in [0.3, 0.4) is 0 Å². The average molecular weight is 397 g/mol. The summed E-state index contributed by atoms with van der Waals surface area (Å²) >= 11 is 4.97. The zero-order valence-electron chi connectivity index (χ0n) is 12.8. The van der Waals surface area contributed by atoms with Gasteiger partial charge in [0, 0.05) is 10.0 Å². The highest BCUT2D eigenvalue weighted by molar-refractivity contribution is 9.10. The molecule has 0 saturated heterocycles. The Hall–Kier alpha value is -2.31. The van der Waals surface area contributed by atoms with Gasteiger partial charge in [0.05, 0.1) is 0 Å². The van der Waals surface area contributed by atoms with Crippen LogP contribution in [0.25, 0.3) is 28.5 Å². The molecular formula is C18H13BrN4S. The monoisotopic (exact) mass is 396 g/mol. The van der Waals surface area contributed by atoms with E-state index in [4.69, 9.17) is 0 Å². The number of nitrogens with zero attached hydrogens (tertiary/aromatic N) is 4. The number of rotatable bonds is 3. The molecule has 0 aliphatic carbocycles. The van der Waals surface area contributed by atoms with Gasteiger partial charge in [-0.15, -0.1) is 10.2 Å². The zero-order valence-corrected chi connectivity index (χ0v) is 15.3. The smallest absolute Gasteiger partial charge is 0.182 e. The van der Waals surface area contributed by atoms with E-state index in [1.54, 1.807) is 4.52 Å². The van der Waals surface area contributed by atoms with E-state index < -0.39 is 0 Å². The average Bonchev–Trinajstić information content (AvgIpc) is 3.14. The van der Waals surface area contributed by atoms with Crippen LogP contribution in [0.5, 0.6) is 0 Å². The van der Waals surface area contributed by atoms with E-state index in [9.17, 15) is 0 Å². The van der Waals surface area contributed by atoms with Crippen molar-refractivity contribution in [2.45, 2.75) is 6.92 Å². The van der Waals surface area contributed by atoms with Gasteiger partial charge in [-0.3, -0.25) is 0 Å². The van der Waals surface area contributed by atoms with Crippen molar-refractivity contribution in [2.75, 3.05) is 0 Å². The molecule has 0 radical (unpaired) electrons. The van der Waals surface area contributed by atoms with E-state index in [1.807, 2.05) is 30.3 Å². The second-order valence-corrected chi connectivity index (χ2v) is 7.32. The van der Waals surface area contributed by atoms with Gasteiger partial charge in [-0.2, -0.15) is 9.61 Å². The van der Waals surface area contributed by atoms with Gasteiger partial charge in [0.25, 0.3) is 0 Å². The predicted molar refractivity (Wildman–Crippen MR) is 102 cm³/mol. The summed E-state index contributed by atoms with van der Waals surface area (Å²) in [6.45, 7) is 2.09. The lowest BCUT2D eigenvalue weighted by Gasteiger charge is -1.96. The molecule has 0 spiro atoms. The first-order valence-electron chi connectivity index (χ1n) is 7.42. The first kappa shape index (κ1) is 15.2. The van der Waals surface area contributed by atoms with Crippen LogP contribution in [0.1, 0.15) is 16.1 Å². The summed E-state index contributed by atoms with van der Waals surface area (Å²) in [5.41, 5.74) is 3.40. The fourth-order valence-corrected chi connectivity index (χ4v) is 3.42. The first-order valence-corrected chi connectivity index (χ1v) is 9.03. The zero-order chi connectivity index (χ0) is 16.5. The van der Waals surface area contributed by atoms with Gasteiger partial charge in [-0.25, -0.2) is 0 Å². The molecule has 4 nitrogen and oxygen atoms in total. The minimum atomic E-state index is 0.754. The van der Waals surface area contributed by atoms with E-state index in [0.29, 0.717) is 0 Å². The van der Waals surface area contributed by atoms with Gasteiger partial charge >= 0.3 is 0 Å². The van der Waals surface area contributed by atoms with Crippen LogP contribution in [0.2, 0.25) is 0 Å². The molecule has 0 aliphatic heterocycles. The largest absolute Gasteiger partial charge is 0.235 e. The molecule has 0 fully saturated rings. The van der Waals surface area contributed by atoms with E-state index in [0.717, 1.165) is 31.4 Å². The van der Waals surface area contributed by atoms with Crippen molar-refractivity contribution in [1.82, 2.24) is 19.8 Å². The summed E-state index contributed by atoms with van der Waals surface area (Å²) in [6, 6.07) is 16.3. The molecule has 24 heavy (non-hydrogen) atoms. The summed E-state index contributed by atoms with van der Waals surface area (Å²) in [5.74, 6) is 0.754. The van der Waals surface area contributed by atoms with Crippen molar-refractivity contribution in [3.8, 4) is 11.4 Å². The van der Waals surface area contributed by atoms with Crippen LogP contribution in [0, 0.1) is 6.92 Å². The fraction of sp³-hybridized carbons (Fsp3) is 0.0556.